The minimum atomic E-state index is -0.487. The number of aromatic nitrogens is 1. The standard InChI is InChI=1S/C33H30N2O6S/c1-4-40-27-16-20(12-15-26(27)41-19-29(36)39-3)17-28-32(37)35-31(22-9-7-10-23(18-22)38-2)25-14-13-21-8-5-6-11-24(21)30(25)34-33(35)42-28/h5-12,15-18,31H,4,13-14,19H2,1-3H3. The van der Waals surface area contributed by atoms with Crippen LogP contribution in [0.15, 0.2) is 82.1 Å². The molecule has 1 unspecified atom stereocenters. The van der Waals surface area contributed by atoms with Crippen LogP contribution in [0.3, 0.4) is 0 Å². The first-order valence-corrected chi connectivity index (χ1v) is 14.6. The number of ether oxygens (including phenoxy) is 4. The molecule has 1 aromatic heterocycles. The molecule has 0 saturated heterocycles. The van der Waals surface area contributed by atoms with Gasteiger partial charge in [-0.25, -0.2) is 9.79 Å². The van der Waals surface area contributed by atoms with Crippen molar-refractivity contribution in [3.05, 3.63) is 114 Å². The van der Waals surface area contributed by atoms with Crippen LogP contribution in [0.2, 0.25) is 0 Å². The summed E-state index contributed by atoms with van der Waals surface area (Å²) in [5.74, 6) is 1.15. The molecule has 0 amide bonds. The second-order valence-corrected chi connectivity index (χ2v) is 10.9. The number of carbonyl (C=O) groups is 1. The number of benzene rings is 3. The van der Waals surface area contributed by atoms with Crippen LogP contribution in [0.1, 0.15) is 41.6 Å². The van der Waals surface area contributed by atoms with Gasteiger partial charge in [-0.15, -0.1) is 0 Å². The Morgan fingerprint density at radius 1 is 1.02 bits per heavy atom. The summed E-state index contributed by atoms with van der Waals surface area (Å²) in [6.07, 6.45) is 3.54. The Labute approximate surface area is 246 Å². The molecule has 1 aliphatic carbocycles. The third-order valence-electron chi connectivity index (χ3n) is 7.42. The van der Waals surface area contributed by atoms with Crippen LogP contribution < -0.4 is 29.1 Å². The molecule has 2 heterocycles. The Bertz CT molecular complexity index is 1890. The summed E-state index contributed by atoms with van der Waals surface area (Å²) < 4.78 is 23.9. The maximum Gasteiger partial charge on any atom is 0.343 e. The molecule has 2 aliphatic rings. The molecule has 0 fully saturated rings. The fraction of sp³-hybridized carbons (Fsp3) is 0.242. The van der Waals surface area contributed by atoms with Gasteiger partial charge in [0.05, 0.1) is 37.1 Å². The number of carbonyl (C=O) groups excluding carboxylic acids is 1. The van der Waals surface area contributed by atoms with Gasteiger partial charge in [0.15, 0.2) is 22.9 Å². The summed E-state index contributed by atoms with van der Waals surface area (Å²) in [7, 11) is 2.95. The van der Waals surface area contributed by atoms with Crippen LogP contribution in [-0.4, -0.2) is 38.0 Å². The molecule has 4 aromatic rings. The van der Waals surface area contributed by atoms with Crippen molar-refractivity contribution in [2.75, 3.05) is 27.4 Å². The summed E-state index contributed by atoms with van der Waals surface area (Å²) >= 11 is 1.37. The highest BCUT2D eigenvalue weighted by molar-refractivity contribution is 7.07. The molecule has 1 aliphatic heterocycles. The van der Waals surface area contributed by atoms with Crippen molar-refractivity contribution < 1.29 is 23.7 Å². The zero-order valence-electron chi connectivity index (χ0n) is 23.6. The highest BCUT2D eigenvalue weighted by atomic mass is 32.1. The van der Waals surface area contributed by atoms with Crippen molar-refractivity contribution in [3.8, 4) is 17.2 Å². The van der Waals surface area contributed by atoms with Crippen LogP contribution in [0.5, 0.6) is 17.2 Å². The zero-order chi connectivity index (χ0) is 29.2. The number of esters is 1. The summed E-state index contributed by atoms with van der Waals surface area (Å²) in [5.41, 5.74) is 6.10. The molecule has 42 heavy (non-hydrogen) atoms. The maximum atomic E-state index is 14.1. The van der Waals surface area contributed by atoms with Gasteiger partial charge < -0.3 is 18.9 Å². The topological polar surface area (TPSA) is 88.4 Å². The molecular weight excluding hydrogens is 552 g/mol. The molecule has 0 bridgehead atoms. The van der Waals surface area contributed by atoms with E-state index in [9.17, 15) is 9.59 Å². The lowest BCUT2D eigenvalue weighted by atomic mass is 9.83. The minimum absolute atomic E-state index is 0.110. The molecule has 8 nitrogen and oxygen atoms in total. The van der Waals surface area contributed by atoms with Crippen molar-refractivity contribution in [3.63, 3.8) is 0 Å². The largest absolute Gasteiger partial charge is 0.497 e. The van der Waals surface area contributed by atoms with Crippen molar-refractivity contribution >= 4 is 29.1 Å². The molecule has 0 saturated carbocycles. The second-order valence-electron chi connectivity index (χ2n) is 9.89. The number of fused-ring (bicyclic) bond motifs is 3. The first-order valence-electron chi connectivity index (χ1n) is 13.7. The van der Waals surface area contributed by atoms with E-state index in [0.29, 0.717) is 27.4 Å². The molecule has 214 valence electrons. The minimum Gasteiger partial charge on any atom is -0.497 e. The number of methoxy groups -OCH3 is 2. The van der Waals surface area contributed by atoms with E-state index in [1.54, 1.807) is 19.2 Å². The van der Waals surface area contributed by atoms with E-state index in [-0.39, 0.29) is 18.2 Å². The number of rotatable bonds is 8. The van der Waals surface area contributed by atoms with Crippen LogP contribution in [0.25, 0.3) is 11.8 Å². The van der Waals surface area contributed by atoms with E-state index in [1.165, 1.54) is 24.0 Å². The number of allylic oxidation sites excluding steroid dienone is 1. The predicted molar refractivity (Wildman–Crippen MR) is 161 cm³/mol. The van der Waals surface area contributed by atoms with Gasteiger partial charge in [0.25, 0.3) is 5.56 Å². The lowest BCUT2D eigenvalue weighted by Crippen LogP contribution is -2.38. The third kappa shape index (κ3) is 5.12. The molecule has 3 aromatic carbocycles. The summed E-state index contributed by atoms with van der Waals surface area (Å²) in [4.78, 5) is 31.4. The van der Waals surface area contributed by atoms with Gasteiger partial charge >= 0.3 is 5.97 Å². The quantitative estimate of drug-likeness (QED) is 0.288. The van der Waals surface area contributed by atoms with Crippen molar-refractivity contribution in [2.24, 2.45) is 4.99 Å². The fourth-order valence-corrected chi connectivity index (χ4v) is 6.48. The molecule has 1 atom stereocenters. The van der Waals surface area contributed by atoms with E-state index < -0.39 is 5.97 Å². The van der Waals surface area contributed by atoms with Gasteiger partial charge in [-0.05, 0) is 72.4 Å². The second kappa shape index (κ2) is 11.7. The molecule has 0 radical (unpaired) electrons. The Hall–Kier alpha value is -4.63. The van der Waals surface area contributed by atoms with E-state index in [4.69, 9.17) is 19.2 Å². The van der Waals surface area contributed by atoms with Crippen molar-refractivity contribution in [1.82, 2.24) is 4.57 Å². The average Bonchev–Trinajstić information content (AvgIpc) is 3.33. The van der Waals surface area contributed by atoms with Gasteiger partial charge in [0.2, 0.25) is 0 Å². The number of hydrogen-bond donors (Lipinski definition) is 0. The van der Waals surface area contributed by atoms with Crippen molar-refractivity contribution in [1.29, 1.82) is 0 Å². The number of hydrogen-bond acceptors (Lipinski definition) is 8. The van der Waals surface area contributed by atoms with Gasteiger partial charge in [0, 0.05) is 5.56 Å². The van der Waals surface area contributed by atoms with Gasteiger partial charge in [-0.1, -0.05) is 53.8 Å². The molecular formula is C33H30N2O6S. The number of aryl methyl sites for hydroxylation is 1. The van der Waals surface area contributed by atoms with Crippen LogP contribution in [-0.2, 0) is 16.0 Å². The fourth-order valence-electron chi connectivity index (χ4n) is 5.48. The Balaban J connectivity index is 1.49. The maximum absolute atomic E-state index is 14.1. The summed E-state index contributed by atoms with van der Waals surface area (Å²) in [6.45, 7) is 2.05. The van der Waals surface area contributed by atoms with E-state index >= 15 is 0 Å². The lowest BCUT2D eigenvalue weighted by Gasteiger charge is -2.31. The van der Waals surface area contributed by atoms with Gasteiger partial charge in [0.1, 0.15) is 5.75 Å². The van der Waals surface area contributed by atoms with E-state index in [2.05, 4.69) is 22.9 Å². The average molecular weight is 583 g/mol. The van der Waals surface area contributed by atoms with Crippen molar-refractivity contribution in [2.45, 2.75) is 25.8 Å². The molecule has 0 spiro atoms. The zero-order valence-corrected chi connectivity index (χ0v) is 24.4. The van der Waals surface area contributed by atoms with Gasteiger partial charge in [-0.3, -0.25) is 9.36 Å². The number of nitrogens with zero attached hydrogens (tertiary/aromatic N) is 2. The molecule has 0 N–H and O–H groups in total. The normalized spacial score (nSPS) is 15.7. The predicted octanol–water partition coefficient (Wildman–Crippen LogP) is 4.28. The SMILES string of the molecule is CCOc1cc(C=c2sc3n(c2=O)C(c2cccc(OC)c2)C2=C(N=3)c3ccccc3CC2)ccc1OCC(=O)OC. The first-order chi connectivity index (χ1) is 20.5. The highest BCUT2D eigenvalue weighted by Gasteiger charge is 2.32. The Morgan fingerprint density at radius 2 is 1.88 bits per heavy atom. The van der Waals surface area contributed by atoms with Crippen LogP contribution in [0, 0.1) is 0 Å². The first kappa shape index (κ1) is 27.5. The van der Waals surface area contributed by atoms with E-state index in [0.717, 1.165) is 46.6 Å². The summed E-state index contributed by atoms with van der Waals surface area (Å²) in [5, 5.41) is 0. The highest BCUT2D eigenvalue weighted by Crippen LogP contribution is 2.41. The van der Waals surface area contributed by atoms with Gasteiger partial charge in [-0.2, -0.15) is 0 Å². The van der Waals surface area contributed by atoms with E-state index in [1.807, 2.05) is 54.0 Å². The Kier molecular flexibility index (Phi) is 7.67. The van der Waals surface area contributed by atoms with Crippen LogP contribution in [0.4, 0.5) is 0 Å². The smallest absolute Gasteiger partial charge is 0.343 e. The lowest BCUT2D eigenvalue weighted by molar-refractivity contribution is -0.142. The summed E-state index contributed by atoms with van der Waals surface area (Å²) in [6, 6.07) is 21.3. The number of thiazole rings is 1. The molecule has 9 heteroatoms. The monoisotopic (exact) mass is 582 g/mol. The molecule has 6 rings (SSSR count). The Morgan fingerprint density at radius 3 is 2.69 bits per heavy atom. The third-order valence-corrected chi connectivity index (χ3v) is 8.40. The van der Waals surface area contributed by atoms with Crippen LogP contribution >= 0.6 is 11.3 Å².